The van der Waals surface area contributed by atoms with Crippen LogP contribution in [0.15, 0.2) is 24.3 Å². The van der Waals surface area contributed by atoms with Crippen molar-refractivity contribution >= 4 is 23.0 Å². The van der Waals surface area contributed by atoms with E-state index in [9.17, 15) is 4.79 Å². The number of anilines is 1. The zero-order chi connectivity index (χ0) is 13.9. The van der Waals surface area contributed by atoms with Crippen LogP contribution in [0.5, 0.6) is 0 Å². The predicted molar refractivity (Wildman–Crippen MR) is 74.3 cm³/mol. The molecular weight excluding hydrogens is 256 g/mol. The largest absolute Gasteiger partial charge is 0.467 e. The van der Waals surface area contributed by atoms with Gasteiger partial charge >= 0.3 is 5.97 Å². The molecule has 1 aromatic heterocycles. The maximum absolute atomic E-state index is 11.9. The highest BCUT2D eigenvalue weighted by Gasteiger charge is 2.31. The molecule has 0 bridgehead atoms. The molecule has 1 saturated heterocycles. The highest BCUT2D eigenvalue weighted by Crippen LogP contribution is 2.23. The molecule has 1 atom stereocenters. The van der Waals surface area contributed by atoms with E-state index >= 15 is 0 Å². The lowest BCUT2D eigenvalue weighted by Crippen LogP contribution is -2.46. The number of esters is 1. The number of para-hydroxylation sites is 1. The van der Waals surface area contributed by atoms with Crippen molar-refractivity contribution in [3.63, 3.8) is 0 Å². The molecule has 0 radical (unpaired) electrons. The Bertz CT molecular complexity index is 631. The van der Waals surface area contributed by atoms with Gasteiger partial charge in [0.2, 0.25) is 5.95 Å². The number of benzene rings is 1. The van der Waals surface area contributed by atoms with Crippen molar-refractivity contribution < 1.29 is 9.53 Å². The Morgan fingerprint density at radius 3 is 2.85 bits per heavy atom. The molecule has 0 spiro atoms. The van der Waals surface area contributed by atoms with Gasteiger partial charge in [0.05, 0.1) is 12.6 Å². The molecule has 0 saturated carbocycles. The fourth-order valence-electron chi connectivity index (χ4n) is 2.55. The van der Waals surface area contributed by atoms with Gasteiger partial charge in [-0.1, -0.05) is 12.1 Å². The number of piperidine rings is 1. The first-order chi connectivity index (χ1) is 9.79. The number of methoxy groups -OCH3 is 1. The van der Waals surface area contributed by atoms with Gasteiger partial charge in [-0.3, -0.25) is 0 Å². The van der Waals surface area contributed by atoms with Crippen LogP contribution in [0.1, 0.15) is 19.3 Å². The summed E-state index contributed by atoms with van der Waals surface area (Å²) in [6.45, 7) is 0.750. The van der Waals surface area contributed by atoms with Gasteiger partial charge in [-0.2, -0.15) is 0 Å². The minimum absolute atomic E-state index is 0.235. The summed E-state index contributed by atoms with van der Waals surface area (Å²) in [5.41, 5.74) is 1.54. The third-order valence-corrected chi connectivity index (χ3v) is 3.58. The fourth-order valence-corrected chi connectivity index (χ4v) is 2.55. The minimum atomic E-state index is -0.309. The number of ether oxygens (including phenoxy) is 1. The van der Waals surface area contributed by atoms with Crippen LogP contribution in [0.25, 0.3) is 11.0 Å². The molecular formula is C14H16N4O2. The van der Waals surface area contributed by atoms with Gasteiger partial charge in [0.25, 0.3) is 0 Å². The Morgan fingerprint density at radius 1 is 1.25 bits per heavy atom. The summed E-state index contributed by atoms with van der Waals surface area (Å²) in [5.74, 6) is 0.264. The number of nitrogens with zero attached hydrogens (tertiary/aromatic N) is 4. The third-order valence-electron chi connectivity index (χ3n) is 3.58. The Morgan fingerprint density at radius 2 is 2.05 bits per heavy atom. The molecule has 1 aliphatic rings. The van der Waals surface area contributed by atoms with Crippen LogP contribution in [-0.4, -0.2) is 40.8 Å². The lowest BCUT2D eigenvalue weighted by molar-refractivity contribution is -0.142. The van der Waals surface area contributed by atoms with Gasteiger partial charge < -0.3 is 9.64 Å². The van der Waals surface area contributed by atoms with Gasteiger partial charge in [0, 0.05) is 6.54 Å². The molecule has 6 nitrogen and oxygen atoms in total. The first kappa shape index (κ1) is 12.8. The summed E-state index contributed by atoms with van der Waals surface area (Å²) in [6.07, 6.45) is 2.80. The molecule has 2 heterocycles. The van der Waals surface area contributed by atoms with E-state index in [1.807, 2.05) is 29.2 Å². The summed E-state index contributed by atoms with van der Waals surface area (Å²) in [5, 5.41) is 8.32. The van der Waals surface area contributed by atoms with Crippen LogP contribution < -0.4 is 4.90 Å². The minimum Gasteiger partial charge on any atom is -0.467 e. The number of carbonyl (C=O) groups excluding carboxylic acids is 1. The van der Waals surface area contributed by atoms with Gasteiger partial charge in [0.15, 0.2) is 0 Å². The lowest BCUT2D eigenvalue weighted by Gasteiger charge is -2.33. The topological polar surface area (TPSA) is 68.2 Å². The quantitative estimate of drug-likeness (QED) is 0.773. The van der Waals surface area contributed by atoms with E-state index in [-0.39, 0.29) is 12.0 Å². The summed E-state index contributed by atoms with van der Waals surface area (Å²) < 4.78 is 4.87. The number of rotatable bonds is 2. The van der Waals surface area contributed by atoms with Crippen LogP contribution in [0.2, 0.25) is 0 Å². The smallest absolute Gasteiger partial charge is 0.328 e. The van der Waals surface area contributed by atoms with E-state index in [0.29, 0.717) is 5.95 Å². The average molecular weight is 272 g/mol. The van der Waals surface area contributed by atoms with Crippen LogP contribution in [-0.2, 0) is 9.53 Å². The molecule has 1 fully saturated rings. The second kappa shape index (κ2) is 5.40. The Hall–Kier alpha value is -2.24. The SMILES string of the molecule is COC(=O)C1CCCCN1c1nnc2ccccc2n1. The van der Waals surface area contributed by atoms with Crippen LogP contribution in [0, 0.1) is 0 Å². The average Bonchev–Trinajstić information content (AvgIpc) is 2.53. The Kier molecular flexibility index (Phi) is 3.45. The lowest BCUT2D eigenvalue weighted by atomic mass is 10.0. The Labute approximate surface area is 116 Å². The highest BCUT2D eigenvalue weighted by atomic mass is 16.5. The second-order valence-corrected chi connectivity index (χ2v) is 4.83. The maximum atomic E-state index is 11.9. The molecule has 6 heteroatoms. The third kappa shape index (κ3) is 2.29. The zero-order valence-corrected chi connectivity index (χ0v) is 11.3. The van der Waals surface area contributed by atoms with Crippen LogP contribution in [0.3, 0.4) is 0 Å². The number of aromatic nitrogens is 3. The zero-order valence-electron chi connectivity index (χ0n) is 11.3. The predicted octanol–water partition coefficient (Wildman–Crippen LogP) is 1.56. The van der Waals surface area contributed by atoms with Crippen molar-refractivity contribution in [2.45, 2.75) is 25.3 Å². The van der Waals surface area contributed by atoms with E-state index < -0.39 is 0 Å². The monoisotopic (exact) mass is 272 g/mol. The standard InChI is InChI=1S/C14H16N4O2/c1-20-13(19)12-8-4-5-9-18(12)14-15-10-6-2-3-7-11(10)16-17-14/h2-3,6-7,12H,4-5,8-9H2,1H3. The normalized spacial score (nSPS) is 19.1. The summed E-state index contributed by atoms with van der Waals surface area (Å²) in [7, 11) is 1.41. The molecule has 2 aromatic rings. The van der Waals surface area contributed by atoms with Crippen molar-refractivity contribution in [3.8, 4) is 0 Å². The molecule has 1 aliphatic heterocycles. The molecule has 3 rings (SSSR count). The molecule has 1 aromatic carbocycles. The maximum Gasteiger partial charge on any atom is 0.328 e. The molecule has 0 amide bonds. The summed E-state index contributed by atoms with van der Waals surface area (Å²) >= 11 is 0. The number of carbonyl (C=O) groups is 1. The first-order valence-electron chi connectivity index (χ1n) is 6.73. The van der Waals surface area contributed by atoms with Gasteiger partial charge in [-0.25, -0.2) is 9.78 Å². The van der Waals surface area contributed by atoms with Crippen molar-refractivity contribution in [2.75, 3.05) is 18.6 Å². The van der Waals surface area contributed by atoms with Crippen molar-refractivity contribution in [1.82, 2.24) is 15.2 Å². The van der Waals surface area contributed by atoms with E-state index in [2.05, 4.69) is 15.2 Å². The van der Waals surface area contributed by atoms with E-state index in [1.165, 1.54) is 7.11 Å². The number of hydrogen-bond donors (Lipinski definition) is 0. The molecule has 20 heavy (non-hydrogen) atoms. The van der Waals surface area contributed by atoms with Gasteiger partial charge in [-0.15, -0.1) is 10.2 Å². The summed E-state index contributed by atoms with van der Waals surface area (Å²) in [4.78, 5) is 18.3. The number of hydrogen-bond acceptors (Lipinski definition) is 6. The molecule has 1 unspecified atom stereocenters. The highest BCUT2D eigenvalue weighted by molar-refractivity contribution is 5.80. The van der Waals surface area contributed by atoms with E-state index in [4.69, 9.17) is 4.74 Å². The van der Waals surface area contributed by atoms with E-state index in [0.717, 1.165) is 36.8 Å². The van der Waals surface area contributed by atoms with Gasteiger partial charge in [-0.05, 0) is 31.4 Å². The van der Waals surface area contributed by atoms with Crippen LogP contribution in [0.4, 0.5) is 5.95 Å². The van der Waals surface area contributed by atoms with Gasteiger partial charge in [0.1, 0.15) is 11.6 Å². The summed E-state index contributed by atoms with van der Waals surface area (Å²) in [6, 6.07) is 7.26. The number of fused-ring (bicyclic) bond motifs is 1. The van der Waals surface area contributed by atoms with Crippen molar-refractivity contribution in [2.24, 2.45) is 0 Å². The molecule has 104 valence electrons. The first-order valence-corrected chi connectivity index (χ1v) is 6.73. The molecule has 0 N–H and O–H groups in total. The van der Waals surface area contributed by atoms with Crippen molar-refractivity contribution in [1.29, 1.82) is 0 Å². The fraction of sp³-hybridized carbons (Fsp3) is 0.429. The van der Waals surface area contributed by atoms with E-state index in [1.54, 1.807) is 0 Å². The second-order valence-electron chi connectivity index (χ2n) is 4.83. The Balaban J connectivity index is 1.96. The van der Waals surface area contributed by atoms with Crippen LogP contribution >= 0.6 is 0 Å². The van der Waals surface area contributed by atoms with Crippen molar-refractivity contribution in [3.05, 3.63) is 24.3 Å². The molecule has 0 aliphatic carbocycles.